The smallest absolute Gasteiger partial charge is 0.339 e. The minimum absolute atomic E-state index is 0.0871. The van der Waals surface area contributed by atoms with Gasteiger partial charge < -0.3 is 10.1 Å². The van der Waals surface area contributed by atoms with Crippen molar-refractivity contribution < 1.29 is 22.7 Å². The van der Waals surface area contributed by atoms with E-state index in [4.69, 9.17) is 4.74 Å². The van der Waals surface area contributed by atoms with E-state index in [1.807, 2.05) is 42.5 Å². The molecule has 1 N–H and O–H groups in total. The minimum atomic E-state index is -3.39. The third-order valence-electron chi connectivity index (χ3n) is 4.11. The summed E-state index contributed by atoms with van der Waals surface area (Å²) in [6.45, 7) is -0.495. The molecule has 0 aliphatic heterocycles. The van der Waals surface area contributed by atoms with Gasteiger partial charge in [0.25, 0.3) is 5.91 Å². The molecule has 3 rings (SSSR count). The maximum absolute atomic E-state index is 12.5. The van der Waals surface area contributed by atoms with Crippen LogP contribution in [0.15, 0.2) is 83.8 Å². The van der Waals surface area contributed by atoms with Crippen molar-refractivity contribution in [3.05, 3.63) is 84.4 Å². The lowest BCUT2D eigenvalue weighted by atomic mass is 10.00. The average Bonchev–Trinajstić information content (AvgIpc) is 2.72. The Morgan fingerprint density at radius 2 is 1.59 bits per heavy atom. The maximum Gasteiger partial charge on any atom is 0.339 e. The van der Waals surface area contributed by atoms with Crippen LogP contribution in [0.5, 0.6) is 0 Å². The van der Waals surface area contributed by atoms with Crippen molar-refractivity contribution in [2.75, 3.05) is 18.2 Å². The monoisotopic (exact) mass is 409 g/mol. The molecule has 7 heteroatoms. The number of carbonyl (C=O) groups is 2. The molecule has 3 aromatic carbocycles. The fourth-order valence-corrected chi connectivity index (χ4v) is 3.41. The van der Waals surface area contributed by atoms with E-state index in [9.17, 15) is 18.0 Å². The maximum atomic E-state index is 12.5. The molecule has 3 aromatic rings. The van der Waals surface area contributed by atoms with E-state index in [1.54, 1.807) is 18.2 Å². The number of benzene rings is 3. The Morgan fingerprint density at radius 1 is 0.897 bits per heavy atom. The van der Waals surface area contributed by atoms with Crippen molar-refractivity contribution in [1.82, 2.24) is 0 Å². The lowest BCUT2D eigenvalue weighted by Crippen LogP contribution is -2.21. The largest absolute Gasteiger partial charge is 0.452 e. The highest BCUT2D eigenvalue weighted by molar-refractivity contribution is 7.90. The second-order valence-electron chi connectivity index (χ2n) is 6.34. The molecular formula is C22H19NO5S. The first kappa shape index (κ1) is 20.3. The molecule has 1 amide bonds. The Bertz CT molecular complexity index is 1140. The van der Waals surface area contributed by atoms with Crippen LogP contribution < -0.4 is 5.32 Å². The van der Waals surface area contributed by atoms with Gasteiger partial charge in [-0.15, -0.1) is 0 Å². The van der Waals surface area contributed by atoms with Crippen LogP contribution in [-0.2, 0) is 19.4 Å². The fourth-order valence-electron chi connectivity index (χ4n) is 2.74. The Morgan fingerprint density at radius 3 is 2.31 bits per heavy atom. The molecule has 0 atom stereocenters. The Kier molecular flexibility index (Phi) is 6.09. The topological polar surface area (TPSA) is 89.5 Å². The summed E-state index contributed by atoms with van der Waals surface area (Å²) in [5.74, 6) is -1.19. The average molecular weight is 409 g/mol. The van der Waals surface area contributed by atoms with E-state index in [0.717, 1.165) is 11.8 Å². The second kappa shape index (κ2) is 8.70. The Labute approximate surface area is 169 Å². The van der Waals surface area contributed by atoms with Gasteiger partial charge in [0.15, 0.2) is 16.4 Å². The van der Waals surface area contributed by atoms with E-state index in [2.05, 4.69) is 5.32 Å². The van der Waals surface area contributed by atoms with Crippen molar-refractivity contribution in [2.24, 2.45) is 0 Å². The molecule has 0 fully saturated rings. The summed E-state index contributed by atoms with van der Waals surface area (Å²) in [5.41, 5.74) is 2.23. The number of hydrogen-bond donors (Lipinski definition) is 1. The van der Waals surface area contributed by atoms with Gasteiger partial charge in [0.2, 0.25) is 0 Å². The molecule has 0 saturated carbocycles. The van der Waals surface area contributed by atoms with Crippen molar-refractivity contribution in [3.8, 4) is 11.1 Å². The van der Waals surface area contributed by atoms with Crippen LogP contribution in [0, 0.1) is 0 Å². The highest BCUT2D eigenvalue weighted by atomic mass is 32.2. The fraction of sp³-hybridized carbons (Fsp3) is 0.0909. The number of ether oxygens (including phenoxy) is 1. The van der Waals surface area contributed by atoms with Gasteiger partial charge in [0.1, 0.15) is 0 Å². The molecule has 0 aromatic heterocycles. The first-order chi connectivity index (χ1) is 13.8. The van der Waals surface area contributed by atoms with Crippen LogP contribution in [0.1, 0.15) is 10.4 Å². The number of anilines is 1. The molecule has 6 nitrogen and oxygen atoms in total. The highest BCUT2D eigenvalue weighted by Crippen LogP contribution is 2.24. The summed E-state index contributed by atoms with van der Waals surface area (Å²) in [5, 5.41) is 2.53. The van der Waals surface area contributed by atoms with E-state index in [0.29, 0.717) is 16.8 Å². The molecule has 0 heterocycles. The molecule has 29 heavy (non-hydrogen) atoms. The first-order valence-corrected chi connectivity index (χ1v) is 10.7. The van der Waals surface area contributed by atoms with Crippen LogP contribution in [-0.4, -0.2) is 33.2 Å². The van der Waals surface area contributed by atoms with Gasteiger partial charge >= 0.3 is 5.97 Å². The number of nitrogens with one attached hydrogen (secondary N) is 1. The van der Waals surface area contributed by atoms with Gasteiger partial charge in [-0.25, -0.2) is 13.2 Å². The van der Waals surface area contributed by atoms with Gasteiger partial charge in [-0.1, -0.05) is 54.6 Å². The molecule has 0 aliphatic rings. The molecule has 0 aliphatic carbocycles. The van der Waals surface area contributed by atoms with E-state index in [-0.39, 0.29) is 4.90 Å². The van der Waals surface area contributed by atoms with Gasteiger partial charge in [-0.3, -0.25) is 4.79 Å². The summed E-state index contributed by atoms with van der Waals surface area (Å²) < 4.78 is 28.4. The third kappa shape index (κ3) is 5.30. The minimum Gasteiger partial charge on any atom is -0.452 e. The van der Waals surface area contributed by atoms with Crippen molar-refractivity contribution >= 4 is 27.4 Å². The zero-order chi connectivity index (χ0) is 20.9. The van der Waals surface area contributed by atoms with Crippen LogP contribution >= 0.6 is 0 Å². The molecular weight excluding hydrogens is 390 g/mol. The van der Waals surface area contributed by atoms with E-state index in [1.165, 1.54) is 18.2 Å². The quantitative estimate of drug-likeness (QED) is 0.629. The zero-order valence-corrected chi connectivity index (χ0v) is 16.5. The van der Waals surface area contributed by atoms with Gasteiger partial charge in [0.05, 0.1) is 10.5 Å². The lowest BCUT2D eigenvalue weighted by molar-refractivity contribution is -0.119. The number of hydrogen-bond acceptors (Lipinski definition) is 5. The number of sulfone groups is 1. The van der Waals surface area contributed by atoms with E-state index < -0.39 is 28.3 Å². The van der Waals surface area contributed by atoms with Crippen LogP contribution in [0.4, 0.5) is 5.69 Å². The predicted molar refractivity (Wildman–Crippen MR) is 110 cm³/mol. The molecule has 0 bridgehead atoms. The molecule has 0 unspecified atom stereocenters. The summed E-state index contributed by atoms with van der Waals surface area (Å²) in [4.78, 5) is 24.7. The zero-order valence-electron chi connectivity index (χ0n) is 15.7. The highest BCUT2D eigenvalue weighted by Gasteiger charge is 2.15. The number of carbonyl (C=O) groups excluding carboxylic acids is 2. The van der Waals surface area contributed by atoms with Crippen molar-refractivity contribution in [3.63, 3.8) is 0 Å². The molecule has 148 valence electrons. The lowest BCUT2D eigenvalue weighted by Gasteiger charge is -2.10. The van der Waals surface area contributed by atoms with Gasteiger partial charge in [-0.2, -0.15) is 0 Å². The second-order valence-corrected chi connectivity index (χ2v) is 8.35. The Hall–Kier alpha value is -3.45. The Balaban J connectivity index is 1.67. The van der Waals surface area contributed by atoms with Gasteiger partial charge in [0, 0.05) is 11.9 Å². The first-order valence-electron chi connectivity index (χ1n) is 8.76. The summed E-state index contributed by atoms with van der Waals surface area (Å²) >= 11 is 0. The molecule has 0 spiro atoms. The summed E-state index contributed by atoms with van der Waals surface area (Å²) in [6, 6.07) is 22.2. The summed E-state index contributed by atoms with van der Waals surface area (Å²) in [7, 11) is -3.39. The number of rotatable bonds is 6. The number of esters is 1. The summed E-state index contributed by atoms with van der Waals surface area (Å²) in [6.07, 6.45) is 1.08. The van der Waals surface area contributed by atoms with Gasteiger partial charge in [-0.05, 0) is 35.4 Å². The molecule has 0 saturated heterocycles. The standard InChI is InChI=1S/C22H19NO5S/c1-29(26,27)18-11-7-10-17(14-18)23-21(24)15-28-22(25)20-13-6-5-12-19(20)16-8-3-2-4-9-16/h2-14H,15H2,1H3,(H,23,24). The predicted octanol–water partition coefficient (Wildman–Crippen LogP) is 3.55. The van der Waals surface area contributed by atoms with E-state index >= 15 is 0 Å². The normalized spacial score (nSPS) is 10.9. The number of amides is 1. The van der Waals surface area contributed by atoms with Crippen LogP contribution in [0.25, 0.3) is 11.1 Å². The van der Waals surface area contributed by atoms with Crippen molar-refractivity contribution in [1.29, 1.82) is 0 Å². The van der Waals surface area contributed by atoms with Crippen LogP contribution in [0.3, 0.4) is 0 Å². The van der Waals surface area contributed by atoms with Crippen LogP contribution in [0.2, 0.25) is 0 Å². The van der Waals surface area contributed by atoms with Crippen molar-refractivity contribution in [2.45, 2.75) is 4.90 Å². The molecule has 0 radical (unpaired) electrons. The third-order valence-corrected chi connectivity index (χ3v) is 5.22. The SMILES string of the molecule is CS(=O)(=O)c1cccc(NC(=O)COC(=O)c2ccccc2-c2ccccc2)c1.